The van der Waals surface area contributed by atoms with Crippen molar-refractivity contribution < 1.29 is 14.3 Å². The lowest BCUT2D eigenvalue weighted by Crippen LogP contribution is -2.32. The summed E-state index contributed by atoms with van der Waals surface area (Å²) in [6.07, 6.45) is 3.19. The van der Waals surface area contributed by atoms with Gasteiger partial charge in [-0.15, -0.1) is 11.3 Å². The van der Waals surface area contributed by atoms with Crippen LogP contribution in [-0.2, 0) is 14.3 Å². The van der Waals surface area contributed by atoms with Crippen molar-refractivity contribution in [1.29, 1.82) is 0 Å². The zero-order valence-corrected chi connectivity index (χ0v) is 13.8. The van der Waals surface area contributed by atoms with Crippen LogP contribution in [0, 0.1) is 5.41 Å². The SMILES string of the molecule is CO/C(C(C)=O)=C(\NC(=O)/C=C/c1cccs1)C(C)(C)C. The van der Waals surface area contributed by atoms with E-state index in [1.165, 1.54) is 20.1 Å². The van der Waals surface area contributed by atoms with Crippen LogP contribution >= 0.6 is 11.3 Å². The van der Waals surface area contributed by atoms with Crippen molar-refractivity contribution in [3.8, 4) is 0 Å². The molecule has 0 unspecified atom stereocenters. The van der Waals surface area contributed by atoms with Crippen LogP contribution in [0.4, 0.5) is 0 Å². The molecule has 0 saturated heterocycles. The Labute approximate surface area is 129 Å². The maximum Gasteiger partial charge on any atom is 0.248 e. The Balaban J connectivity index is 2.98. The fourth-order valence-corrected chi connectivity index (χ4v) is 2.33. The molecule has 5 heteroatoms. The first kappa shape index (κ1) is 17.2. The summed E-state index contributed by atoms with van der Waals surface area (Å²) in [4.78, 5) is 24.7. The van der Waals surface area contributed by atoms with Gasteiger partial charge in [0.25, 0.3) is 0 Å². The maximum absolute atomic E-state index is 12.0. The number of Topliss-reactive ketones (excluding diaryl/α,β-unsaturated/α-hetero) is 1. The Morgan fingerprint density at radius 1 is 1.33 bits per heavy atom. The number of ether oxygens (including phenoxy) is 1. The summed E-state index contributed by atoms with van der Waals surface area (Å²) in [7, 11) is 1.43. The van der Waals surface area contributed by atoms with Crippen LogP contribution in [0.5, 0.6) is 0 Å². The Hall–Kier alpha value is -1.88. The molecule has 0 aliphatic heterocycles. The van der Waals surface area contributed by atoms with E-state index < -0.39 is 5.41 Å². The number of carbonyl (C=O) groups is 2. The number of rotatable bonds is 5. The highest BCUT2D eigenvalue weighted by atomic mass is 32.1. The lowest BCUT2D eigenvalue weighted by atomic mass is 9.90. The van der Waals surface area contributed by atoms with E-state index in [1.54, 1.807) is 17.4 Å². The first-order valence-electron chi connectivity index (χ1n) is 6.58. The zero-order chi connectivity index (χ0) is 16.0. The van der Waals surface area contributed by atoms with E-state index in [0.29, 0.717) is 5.70 Å². The molecule has 0 aromatic carbocycles. The van der Waals surface area contributed by atoms with Crippen molar-refractivity contribution in [2.24, 2.45) is 5.41 Å². The van der Waals surface area contributed by atoms with Gasteiger partial charge in [-0.1, -0.05) is 26.8 Å². The number of allylic oxidation sites excluding steroid dienone is 2. The number of methoxy groups -OCH3 is 1. The van der Waals surface area contributed by atoms with Gasteiger partial charge in [0.15, 0.2) is 11.5 Å². The highest BCUT2D eigenvalue weighted by molar-refractivity contribution is 7.10. The fraction of sp³-hybridized carbons (Fsp3) is 0.375. The first-order chi connectivity index (χ1) is 9.75. The molecular weight excluding hydrogens is 286 g/mol. The van der Waals surface area contributed by atoms with E-state index in [-0.39, 0.29) is 17.4 Å². The molecule has 1 N–H and O–H groups in total. The molecule has 0 bridgehead atoms. The van der Waals surface area contributed by atoms with Gasteiger partial charge in [0.05, 0.1) is 12.8 Å². The average molecular weight is 307 g/mol. The van der Waals surface area contributed by atoms with Crippen LogP contribution in [0.25, 0.3) is 6.08 Å². The minimum atomic E-state index is -0.413. The fourth-order valence-electron chi connectivity index (χ4n) is 1.72. The number of thiophene rings is 1. The summed E-state index contributed by atoms with van der Waals surface area (Å²) in [5.41, 5.74) is 0.0713. The summed E-state index contributed by atoms with van der Waals surface area (Å²) in [5, 5.41) is 4.71. The molecule has 0 radical (unpaired) electrons. The molecular formula is C16H21NO3S. The third-order valence-electron chi connectivity index (χ3n) is 2.69. The smallest absolute Gasteiger partial charge is 0.248 e. The number of ketones is 1. The molecule has 0 spiro atoms. The molecule has 0 aliphatic carbocycles. The van der Waals surface area contributed by atoms with E-state index in [0.717, 1.165) is 4.88 Å². The van der Waals surface area contributed by atoms with Crippen LogP contribution in [-0.4, -0.2) is 18.8 Å². The van der Waals surface area contributed by atoms with Crippen molar-refractivity contribution in [3.63, 3.8) is 0 Å². The molecule has 21 heavy (non-hydrogen) atoms. The van der Waals surface area contributed by atoms with Gasteiger partial charge >= 0.3 is 0 Å². The van der Waals surface area contributed by atoms with Gasteiger partial charge in [-0.3, -0.25) is 9.59 Å². The average Bonchev–Trinajstić information content (AvgIpc) is 2.87. The number of amides is 1. The Morgan fingerprint density at radius 3 is 2.43 bits per heavy atom. The zero-order valence-electron chi connectivity index (χ0n) is 13.0. The monoisotopic (exact) mass is 307 g/mol. The molecule has 1 heterocycles. The lowest BCUT2D eigenvalue weighted by Gasteiger charge is -2.25. The molecule has 1 aromatic heterocycles. The van der Waals surface area contributed by atoms with E-state index in [4.69, 9.17) is 4.74 Å². The van der Waals surface area contributed by atoms with Crippen molar-refractivity contribution in [2.75, 3.05) is 7.11 Å². The van der Waals surface area contributed by atoms with E-state index >= 15 is 0 Å². The van der Waals surface area contributed by atoms with Crippen LogP contribution in [0.2, 0.25) is 0 Å². The number of carbonyl (C=O) groups excluding carboxylic acids is 2. The highest BCUT2D eigenvalue weighted by Gasteiger charge is 2.25. The number of nitrogens with one attached hydrogen (secondary N) is 1. The van der Waals surface area contributed by atoms with Crippen molar-refractivity contribution in [2.45, 2.75) is 27.7 Å². The van der Waals surface area contributed by atoms with Gasteiger partial charge in [0.2, 0.25) is 5.91 Å². The summed E-state index contributed by atoms with van der Waals surface area (Å²) in [6.45, 7) is 7.15. The minimum absolute atomic E-state index is 0.181. The summed E-state index contributed by atoms with van der Waals surface area (Å²) < 4.78 is 5.14. The predicted molar refractivity (Wildman–Crippen MR) is 85.7 cm³/mol. The van der Waals surface area contributed by atoms with Crippen LogP contribution in [0.3, 0.4) is 0 Å². The maximum atomic E-state index is 12.0. The van der Waals surface area contributed by atoms with Crippen molar-refractivity contribution in [1.82, 2.24) is 5.32 Å². The molecule has 114 valence electrons. The van der Waals surface area contributed by atoms with E-state index in [9.17, 15) is 9.59 Å². The third-order valence-corrected chi connectivity index (χ3v) is 3.53. The van der Waals surface area contributed by atoms with Gasteiger partial charge in [0.1, 0.15) is 0 Å². The third kappa shape index (κ3) is 5.19. The molecule has 1 aromatic rings. The quantitative estimate of drug-likeness (QED) is 0.670. The van der Waals surface area contributed by atoms with Gasteiger partial charge in [-0.2, -0.15) is 0 Å². The number of hydrogen-bond donors (Lipinski definition) is 1. The van der Waals surface area contributed by atoms with E-state index in [2.05, 4.69) is 5.32 Å². The number of hydrogen-bond acceptors (Lipinski definition) is 4. The van der Waals surface area contributed by atoms with Crippen molar-refractivity contribution in [3.05, 3.63) is 39.9 Å². The predicted octanol–water partition coefficient (Wildman–Crippen LogP) is 3.37. The highest BCUT2D eigenvalue weighted by Crippen LogP contribution is 2.26. The van der Waals surface area contributed by atoms with E-state index in [1.807, 2.05) is 38.3 Å². The van der Waals surface area contributed by atoms with Gasteiger partial charge < -0.3 is 10.1 Å². The largest absolute Gasteiger partial charge is 0.491 e. The first-order valence-corrected chi connectivity index (χ1v) is 7.46. The van der Waals surface area contributed by atoms with Gasteiger partial charge in [-0.25, -0.2) is 0 Å². The van der Waals surface area contributed by atoms with Crippen molar-refractivity contribution >= 4 is 29.1 Å². The second-order valence-electron chi connectivity index (χ2n) is 5.55. The summed E-state index contributed by atoms with van der Waals surface area (Å²) in [5.74, 6) is -0.325. The molecule has 0 aliphatic rings. The Bertz CT molecular complexity index is 563. The Kier molecular flexibility index (Phi) is 5.90. The lowest BCUT2D eigenvalue weighted by molar-refractivity contribution is -0.117. The summed E-state index contributed by atoms with van der Waals surface area (Å²) >= 11 is 1.55. The molecule has 4 nitrogen and oxygen atoms in total. The van der Waals surface area contributed by atoms with Crippen LogP contribution in [0.1, 0.15) is 32.6 Å². The topological polar surface area (TPSA) is 55.4 Å². The Morgan fingerprint density at radius 2 is 2.00 bits per heavy atom. The minimum Gasteiger partial charge on any atom is -0.491 e. The molecule has 0 fully saturated rings. The standard InChI is InChI=1S/C16H21NO3S/c1-11(18)14(20-5)15(16(2,3)4)17-13(19)9-8-12-7-6-10-21-12/h6-10H,1-5H3,(H,17,19)/b9-8+,15-14-. The summed E-state index contributed by atoms with van der Waals surface area (Å²) in [6, 6.07) is 3.84. The normalized spacial score (nSPS) is 13.0. The molecule has 0 atom stereocenters. The molecule has 0 saturated carbocycles. The van der Waals surface area contributed by atoms with Gasteiger partial charge in [-0.05, 0) is 17.5 Å². The van der Waals surface area contributed by atoms with Crippen LogP contribution < -0.4 is 5.32 Å². The van der Waals surface area contributed by atoms with Crippen LogP contribution in [0.15, 0.2) is 35.0 Å². The second kappa shape index (κ2) is 7.22. The molecule has 1 amide bonds. The second-order valence-corrected chi connectivity index (χ2v) is 6.53. The van der Waals surface area contributed by atoms with Gasteiger partial charge in [0, 0.05) is 23.3 Å². The molecule has 1 rings (SSSR count).